The summed E-state index contributed by atoms with van der Waals surface area (Å²) in [6, 6.07) is 8.88. The molecule has 30 heavy (non-hydrogen) atoms. The molecule has 1 aliphatic heterocycles. The molecule has 3 heterocycles. The van der Waals surface area contributed by atoms with Gasteiger partial charge in [0.1, 0.15) is 11.6 Å². The van der Waals surface area contributed by atoms with E-state index in [1.165, 1.54) is 22.6 Å². The Labute approximate surface area is 180 Å². The summed E-state index contributed by atoms with van der Waals surface area (Å²) in [7, 11) is 1.58. The van der Waals surface area contributed by atoms with Crippen molar-refractivity contribution in [1.29, 1.82) is 0 Å². The van der Waals surface area contributed by atoms with Crippen molar-refractivity contribution in [2.75, 3.05) is 51.3 Å². The summed E-state index contributed by atoms with van der Waals surface area (Å²) in [5.41, 5.74) is 3.28. The second-order valence-electron chi connectivity index (χ2n) is 7.34. The molecule has 160 valence electrons. The van der Waals surface area contributed by atoms with Crippen LogP contribution in [0.2, 0.25) is 0 Å². The summed E-state index contributed by atoms with van der Waals surface area (Å²) >= 11 is 1.70. The molecule has 0 atom stereocenters. The van der Waals surface area contributed by atoms with Crippen LogP contribution in [0.15, 0.2) is 41.9 Å². The summed E-state index contributed by atoms with van der Waals surface area (Å²) in [6.45, 7) is 5.18. The molecule has 3 aromatic rings. The van der Waals surface area contributed by atoms with Crippen molar-refractivity contribution in [3.63, 3.8) is 0 Å². The van der Waals surface area contributed by atoms with Crippen LogP contribution in [0.25, 0.3) is 10.6 Å². The third-order valence-corrected chi connectivity index (χ3v) is 6.41. The van der Waals surface area contributed by atoms with Crippen molar-refractivity contribution < 1.29 is 14.2 Å². The van der Waals surface area contributed by atoms with Crippen LogP contribution in [0.1, 0.15) is 5.56 Å². The average Bonchev–Trinajstić information content (AvgIpc) is 3.42. The van der Waals surface area contributed by atoms with Crippen LogP contribution in [0, 0.1) is 5.82 Å². The molecule has 8 heteroatoms. The number of thiophene rings is 1. The molecule has 0 spiro atoms. The summed E-state index contributed by atoms with van der Waals surface area (Å²) in [4.78, 5) is 5.89. The first-order valence-corrected chi connectivity index (χ1v) is 11.1. The van der Waals surface area contributed by atoms with Crippen LogP contribution >= 0.6 is 11.3 Å². The Morgan fingerprint density at radius 3 is 2.70 bits per heavy atom. The third kappa shape index (κ3) is 4.50. The van der Waals surface area contributed by atoms with Crippen LogP contribution in [0.4, 0.5) is 10.1 Å². The molecule has 0 unspecified atom stereocenters. The predicted octanol–water partition coefficient (Wildman–Crippen LogP) is 3.12. The predicted molar refractivity (Wildman–Crippen MR) is 118 cm³/mol. The Morgan fingerprint density at radius 2 is 2.00 bits per heavy atom. The van der Waals surface area contributed by atoms with Crippen molar-refractivity contribution in [3.05, 3.63) is 53.3 Å². The number of halogens is 1. The van der Waals surface area contributed by atoms with Gasteiger partial charge in [-0.15, -0.1) is 11.3 Å². The monoisotopic (exact) mass is 430 g/mol. The van der Waals surface area contributed by atoms with Gasteiger partial charge in [-0.1, -0.05) is 6.07 Å². The Hall–Kier alpha value is -2.42. The van der Waals surface area contributed by atoms with Gasteiger partial charge in [-0.25, -0.2) is 4.39 Å². The molecule has 0 bridgehead atoms. The topological polar surface area (TPSA) is 53.8 Å². The minimum Gasteiger partial charge on any atom is -0.494 e. The molecular formula is C22H27FN4O2S. The molecule has 1 saturated heterocycles. The molecule has 0 radical (unpaired) electrons. The Kier molecular flexibility index (Phi) is 6.66. The number of nitrogens with zero attached hydrogens (tertiary/aromatic N) is 4. The van der Waals surface area contributed by atoms with Crippen LogP contribution in [0.3, 0.4) is 0 Å². The van der Waals surface area contributed by atoms with E-state index in [9.17, 15) is 9.50 Å². The normalized spacial score (nSPS) is 15.0. The molecule has 1 N–H and O–H groups in total. The number of aliphatic hydroxyl groups is 1. The molecule has 6 nitrogen and oxygen atoms in total. The number of anilines is 1. The number of hydrogen-bond donors (Lipinski definition) is 1. The number of ether oxygens (including phenoxy) is 1. The summed E-state index contributed by atoms with van der Waals surface area (Å²) < 4.78 is 20.7. The van der Waals surface area contributed by atoms with Gasteiger partial charge in [0.25, 0.3) is 0 Å². The first-order chi connectivity index (χ1) is 14.7. The second-order valence-corrected chi connectivity index (χ2v) is 8.29. The number of piperazine rings is 1. The van der Waals surface area contributed by atoms with Crippen LogP contribution in [-0.4, -0.2) is 66.2 Å². The van der Waals surface area contributed by atoms with Crippen molar-refractivity contribution in [2.24, 2.45) is 0 Å². The zero-order valence-corrected chi connectivity index (χ0v) is 17.9. The first-order valence-electron chi connectivity index (χ1n) is 10.2. The van der Waals surface area contributed by atoms with Crippen molar-refractivity contribution >= 4 is 17.0 Å². The Bertz CT molecular complexity index is 952. The highest BCUT2D eigenvalue weighted by Crippen LogP contribution is 2.31. The zero-order valence-electron chi connectivity index (χ0n) is 17.1. The standard InChI is InChI=1S/C22H27FN4O2S/c1-29-20-15-18(23)4-5-19(20)26-10-8-25(9-11-26)7-6-17-16-24-27(12-13-28)22(17)21-3-2-14-30-21/h2-5,14-16,28H,6-13H2,1H3. The number of methoxy groups -OCH3 is 1. The van der Waals surface area contributed by atoms with E-state index in [1.807, 2.05) is 16.9 Å². The molecule has 0 amide bonds. The number of hydrogen-bond acceptors (Lipinski definition) is 6. The fourth-order valence-electron chi connectivity index (χ4n) is 3.97. The quantitative estimate of drug-likeness (QED) is 0.595. The van der Waals surface area contributed by atoms with E-state index in [4.69, 9.17) is 4.74 Å². The molecule has 0 saturated carbocycles. The van der Waals surface area contributed by atoms with Gasteiger partial charge < -0.3 is 14.7 Å². The third-order valence-electron chi connectivity index (χ3n) is 5.53. The van der Waals surface area contributed by atoms with Crippen molar-refractivity contribution in [2.45, 2.75) is 13.0 Å². The van der Waals surface area contributed by atoms with E-state index >= 15 is 0 Å². The van der Waals surface area contributed by atoms with Gasteiger partial charge in [-0.05, 0) is 30.0 Å². The second kappa shape index (κ2) is 9.59. The van der Waals surface area contributed by atoms with Crippen molar-refractivity contribution in [3.8, 4) is 16.3 Å². The smallest absolute Gasteiger partial charge is 0.145 e. The first kappa shape index (κ1) is 20.8. The van der Waals surface area contributed by atoms with E-state index in [-0.39, 0.29) is 12.4 Å². The fraction of sp³-hybridized carbons (Fsp3) is 0.409. The summed E-state index contributed by atoms with van der Waals surface area (Å²) in [5.74, 6) is 0.304. The van der Waals surface area contributed by atoms with Crippen LogP contribution in [-0.2, 0) is 13.0 Å². The average molecular weight is 431 g/mol. The van der Waals surface area contributed by atoms with Crippen molar-refractivity contribution in [1.82, 2.24) is 14.7 Å². The number of aliphatic hydroxyl groups excluding tert-OH is 1. The maximum absolute atomic E-state index is 13.5. The van der Waals surface area contributed by atoms with Crippen LogP contribution < -0.4 is 9.64 Å². The highest BCUT2D eigenvalue weighted by Gasteiger charge is 2.21. The Balaban J connectivity index is 1.38. The Morgan fingerprint density at radius 1 is 1.17 bits per heavy atom. The summed E-state index contributed by atoms with van der Waals surface area (Å²) in [6.07, 6.45) is 2.85. The molecule has 2 aromatic heterocycles. The van der Waals surface area contributed by atoms with Crippen LogP contribution in [0.5, 0.6) is 5.75 Å². The lowest BCUT2D eigenvalue weighted by Crippen LogP contribution is -2.47. The maximum atomic E-state index is 13.5. The lowest BCUT2D eigenvalue weighted by molar-refractivity contribution is 0.260. The maximum Gasteiger partial charge on any atom is 0.145 e. The van der Waals surface area contributed by atoms with E-state index in [0.717, 1.165) is 50.5 Å². The highest BCUT2D eigenvalue weighted by molar-refractivity contribution is 7.13. The number of rotatable bonds is 8. The zero-order chi connectivity index (χ0) is 20.9. The van der Waals surface area contributed by atoms with Gasteiger partial charge in [0.2, 0.25) is 0 Å². The minimum atomic E-state index is -0.280. The SMILES string of the molecule is COc1cc(F)ccc1N1CCN(CCc2cnn(CCO)c2-c2cccs2)CC1. The summed E-state index contributed by atoms with van der Waals surface area (Å²) in [5, 5.41) is 15.9. The molecule has 4 rings (SSSR count). The largest absolute Gasteiger partial charge is 0.494 e. The molecule has 1 fully saturated rings. The lowest BCUT2D eigenvalue weighted by Gasteiger charge is -2.36. The van der Waals surface area contributed by atoms with E-state index < -0.39 is 0 Å². The van der Waals surface area contributed by atoms with E-state index in [2.05, 4.69) is 26.3 Å². The van der Waals surface area contributed by atoms with Gasteiger partial charge in [-0.3, -0.25) is 9.58 Å². The van der Waals surface area contributed by atoms with Gasteiger partial charge in [0, 0.05) is 44.4 Å². The van der Waals surface area contributed by atoms with Gasteiger partial charge in [0.05, 0.1) is 42.7 Å². The van der Waals surface area contributed by atoms with Gasteiger partial charge in [0.15, 0.2) is 0 Å². The van der Waals surface area contributed by atoms with Gasteiger partial charge >= 0.3 is 0 Å². The molecular weight excluding hydrogens is 403 g/mol. The minimum absolute atomic E-state index is 0.0777. The van der Waals surface area contributed by atoms with E-state index in [0.29, 0.717) is 12.3 Å². The van der Waals surface area contributed by atoms with Gasteiger partial charge in [-0.2, -0.15) is 5.10 Å². The molecule has 0 aliphatic carbocycles. The fourth-order valence-corrected chi connectivity index (χ4v) is 4.78. The molecule has 1 aromatic carbocycles. The highest BCUT2D eigenvalue weighted by atomic mass is 32.1. The van der Waals surface area contributed by atoms with E-state index in [1.54, 1.807) is 24.5 Å². The molecule has 1 aliphatic rings. The number of benzene rings is 1. The number of aromatic nitrogens is 2. The lowest BCUT2D eigenvalue weighted by atomic mass is 10.1.